The van der Waals surface area contributed by atoms with Gasteiger partial charge in [-0.25, -0.2) is 0 Å². The molecule has 0 saturated carbocycles. The largest absolute Gasteiger partial charge is 0.550 e. The fraction of sp³-hybridized carbons (Fsp3) is 0.875. The summed E-state index contributed by atoms with van der Waals surface area (Å²) in [6.07, 6.45) is 7.04. The molecule has 0 aromatic carbocycles. The van der Waals surface area contributed by atoms with Gasteiger partial charge in [-0.15, -0.1) is 0 Å². The van der Waals surface area contributed by atoms with Crippen LogP contribution in [0.2, 0.25) is 0 Å². The third kappa shape index (κ3) is 16.2. The van der Waals surface area contributed by atoms with Crippen molar-refractivity contribution in [2.75, 3.05) is 0 Å². The molecule has 0 aliphatic rings. The molecule has 0 aliphatic heterocycles. The molecular weight excluding hydrogens is 345 g/mol. The van der Waals surface area contributed by atoms with Crippen molar-refractivity contribution in [3.05, 3.63) is 0 Å². The SMILES string of the molecule is CCCCC(CC)C(=O)[O-].CCCCC(CC)C(=O)[O-].[Y]. The Morgan fingerprint density at radius 2 is 1.05 bits per heavy atom. The maximum absolute atomic E-state index is 10.3. The minimum Gasteiger partial charge on any atom is -0.550 e. The van der Waals surface area contributed by atoms with Crippen LogP contribution in [0.1, 0.15) is 79.1 Å². The number of carbonyl (C=O) groups excluding carboxylic acids is 2. The van der Waals surface area contributed by atoms with Gasteiger partial charge >= 0.3 is 0 Å². The molecule has 4 nitrogen and oxygen atoms in total. The van der Waals surface area contributed by atoms with Crippen molar-refractivity contribution >= 4 is 11.9 Å². The Kier molecular flexibility index (Phi) is 22.4. The number of aliphatic carboxylic acids is 2. The molecule has 2 atom stereocenters. The molecule has 0 amide bonds. The summed E-state index contributed by atoms with van der Waals surface area (Å²) in [5, 5.41) is 20.7. The molecule has 2 unspecified atom stereocenters. The van der Waals surface area contributed by atoms with Crippen molar-refractivity contribution < 1.29 is 52.5 Å². The van der Waals surface area contributed by atoms with Crippen LogP contribution in [-0.4, -0.2) is 11.9 Å². The number of rotatable bonds is 10. The summed E-state index contributed by atoms with van der Waals surface area (Å²) >= 11 is 0. The van der Waals surface area contributed by atoms with Crippen molar-refractivity contribution in [2.24, 2.45) is 11.8 Å². The molecule has 5 heteroatoms. The van der Waals surface area contributed by atoms with E-state index in [1.54, 1.807) is 0 Å². The van der Waals surface area contributed by atoms with E-state index >= 15 is 0 Å². The Bertz CT molecular complexity index is 231. The van der Waals surface area contributed by atoms with Gasteiger partial charge in [0.1, 0.15) is 0 Å². The van der Waals surface area contributed by atoms with E-state index in [0.717, 1.165) is 38.5 Å². The minimum atomic E-state index is -0.893. The predicted molar refractivity (Wildman–Crippen MR) is 76.6 cm³/mol. The van der Waals surface area contributed by atoms with E-state index in [1.165, 1.54) is 0 Å². The van der Waals surface area contributed by atoms with Gasteiger partial charge in [-0.2, -0.15) is 0 Å². The standard InChI is InChI=1S/2C8H16O2.Y/c2*1-3-5-6-7(4-2)8(9)10;/h2*7H,3-6H2,1-2H3,(H,9,10);/p-2. The van der Waals surface area contributed by atoms with Gasteiger partial charge in [0.25, 0.3) is 0 Å². The number of carboxylic acids is 2. The van der Waals surface area contributed by atoms with Gasteiger partial charge < -0.3 is 19.8 Å². The van der Waals surface area contributed by atoms with Gasteiger partial charge in [-0.05, 0) is 37.5 Å². The maximum Gasteiger partial charge on any atom is 0.0445 e. The summed E-state index contributed by atoms with van der Waals surface area (Å²) in [6, 6.07) is 0. The van der Waals surface area contributed by atoms with Crippen LogP contribution in [0.4, 0.5) is 0 Å². The van der Waals surface area contributed by atoms with Crippen LogP contribution in [0.3, 0.4) is 0 Å². The van der Waals surface area contributed by atoms with E-state index < -0.39 is 11.9 Å². The summed E-state index contributed by atoms with van der Waals surface area (Å²) in [5.74, 6) is -2.23. The van der Waals surface area contributed by atoms with Gasteiger partial charge in [0.15, 0.2) is 0 Å². The molecule has 0 fully saturated rings. The normalized spacial score (nSPS) is 12.4. The zero-order valence-electron chi connectivity index (χ0n) is 14.0. The van der Waals surface area contributed by atoms with E-state index in [9.17, 15) is 19.8 Å². The zero-order chi connectivity index (χ0) is 16.0. The van der Waals surface area contributed by atoms with Gasteiger partial charge in [0.05, 0.1) is 0 Å². The van der Waals surface area contributed by atoms with Crippen LogP contribution in [-0.2, 0) is 42.3 Å². The Morgan fingerprint density at radius 3 is 1.19 bits per heavy atom. The molecule has 0 N–H and O–H groups in total. The number of carboxylic acid groups (broad SMARTS) is 2. The molecule has 21 heavy (non-hydrogen) atoms. The Hall–Kier alpha value is 0.0439. The minimum absolute atomic E-state index is 0. The zero-order valence-corrected chi connectivity index (χ0v) is 16.9. The molecule has 0 bridgehead atoms. The number of carbonyl (C=O) groups is 2. The molecular formula is C16H30O4Y-2. The van der Waals surface area contributed by atoms with Gasteiger partial charge in [0, 0.05) is 44.6 Å². The van der Waals surface area contributed by atoms with Crippen molar-refractivity contribution in [3.63, 3.8) is 0 Å². The molecule has 0 spiro atoms. The third-order valence-corrected chi connectivity index (χ3v) is 3.46. The summed E-state index contributed by atoms with van der Waals surface area (Å²) in [4.78, 5) is 20.7. The maximum atomic E-state index is 10.3. The Balaban J connectivity index is -0.000000295. The summed E-state index contributed by atoms with van der Waals surface area (Å²) < 4.78 is 0. The molecule has 0 heterocycles. The number of hydrogen-bond acceptors (Lipinski definition) is 4. The second kappa shape index (κ2) is 18.1. The Labute approximate surface area is 155 Å². The van der Waals surface area contributed by atoms with Crippen LogP contribution >= 0.6 is 0 Å². The Morgan fingerprint density at radius 1 is 0.762 bits per heavy atom. The van der Waals surface area contributed by atoms with Crippen molar-refractivity contribution in [3.8, 4) is 0 Å². The van der Waals surface area contributed by atoms with Crippen molar-refractivity contribution in [1.29, 1.82) is 0 Å². The first-order valence-electron chi connectivity index (χ1n) is 7.86. The predicted octanol–water partition coefficient (Wildman–Crippen LogP) is 1.90. The summed E-state index contributed by atoms with van der Waals surface area (Å²) in [6.45, 7) is 7.89. The van der Waals surface area contributed by atoms with Gasteiger partial charge in [0.2, 0.25) is 0 Å². The molecule has 1 radical (unpaired) electrons. The monoisotopic (exact) mass is 375 g/mol. The van der Waals surface area contributed by atoms with Crippen LogP contribution in [0.5, 0.6) is 0 Å². The topological polar surface area (TPSA) is 80.3 Å². The molecule has 0 aromatic rings. The van der Waals surface area contributed by atoms with E-state index in [4.69, 9.17) is 0 Å². The smallest absolute Gasteiger partial charge is 0.0445 e. The molecule has 0 aliphatic carbocycles. The second-order valence-corrected chi connectivity index (χ2v) is 5.13. The van der Waals surface area contributed by atoms with Crippen LogP contribution in [0, 0.1) is 11.8 Å². The van der Waals surface area contributed by atoms with E-state index in [1.807, 2.05) is 13.8 Å². The van der Waals surface area contributed by atoms with E-state index in [2.05, 4.69) is 13.8 Å². The molecule has 123 valence electrons. The van der Waals surface area contributed by atoms with Gasteiger partial charge in [-0.3, -0.25) is 0 Å². The third-order valence-electron chi connectivity index (χ3n) is 3.46. The average Bonchev–Trinajstić information content (AvgIpc) is 2.40. The van der Waals surface area contributed by atoms with Crippen LogP contribution in [0.15, 0.2) is 0 Å². The second-order valence-electron chi connectivity index (χ2n) is 5.13. The fourth-order valence-electron chi connectivity index (χ4n) is 1.88. The van der Waals surface area contributed by atoms with Gasteiger partial charge in [-0.1, -0.05) is 53.4 Å². The fourth-order valence-corrected chi connectivity index (χ4v) is 1.88. The van der Waals surface area contributed by atoms with Crippen molar-refractivity contribution in [1.82, 2.24) is 0 Å². The van der Waals surface area contributed by atoms with E-state index in [-0.39, 0.29) is 44.5 Å². The number of unbranched alkanes of at least 4 members (excludes halogenated alkanes) is 2. The molecule has 0 rings (SSSR count). The van der Waals surface area contributed by atoms with Crippen LogP contribution < -0.4 is 10.2 Å². The van der Waals surface area contributed by atoms with Crippen molar-refractivity contribution in [2.45, 2.75) is 79.1 Å². The number of hydrogen-bond donors (Lipinski definition) is 0. The van der Waals surface area contributed by atoms with Crippen LogP contribution in [0.25, 0.3) is 0 Å². The molecule has 0 aromatic heterocycles. The average molecular weight is 375 g/mol. The van der Waals surface area contributed by atoms with E-state index in [0.29, 0.717) is 12.8 Å². The molecule has 0 saturated heterocycles. The quantitative estimate of drug-likeness (QED) is 0.584. The first kappa shape index (κ1) is 26.0. The first-order chi connectivity index (χ1) is 9.44. The first-order valence-corrected chi connectivity index (χ1v) is 7.86. The summed E-state index contributed by atoms with van der Waals surface area (Å²) in [5.41, 5.74) is 0. The summed E-state index contributed by atoms with van der Waals surface area (Å²) in [7, 11) is 0.